The number of hydrogen-bond acceptors (Lipinski definition) is 3. The molecule has 2 unspecified atom stereocenters. The highest BCUT2D eigenvalue weighted by Crippen LogP contribution is 2.51. The maximum atomic E-state index is 10.2. The van der Waals surface area contributed by atoms with Gasteiger partial charge in [-0.25, -0.2) is 0 Å². The van der Waals surface area contributed by atoms with E-state index in [-0.39, 0.29) is 5.54 Å². The van der Waals surface area contributed by atoms with Crippen LogP contribution in [0.3, 0.4) is 0 Å². The number of aliphatic hydroxyl groups is 1. The molecule has 12 heavy (non-hydrogen) atoms. The van der Waals surface area contributed by atoms with Crippen LogP contribution >= 0.6 is 0 Å². The van der Waals surface area contributed by atoms with Gasteiger partial charge in [-0.3, -0.25) is 0 Å². The van der Waals surface area contributed by atoms with Crippen LogP contribution in [0.25, 0.3) is 0 Å². The summed E-state index contributed by atoms with van der Waals surface area (Å²) in [5.74, 6) is 0.473. The molecule has 1 aliphatic heterocycles. The van der Waals surface area contributed by atoms with Crippen LogP contribution in [0.5, 0.6) is 0 Å². The highest BCUT2D eigenvalue weighted by Gasteiger charge is 2.61. The lowest BCUT2D eigenvalue weighted by Gasteiger charge is -2.38. The minimum atomic E-state index is -0.648. The maximum absolute atomic E-state index is 10.2. The summed E-state index contributed by atoms with van der Waals surface area (Å²) in [5.41, 5.74) is 5.14. The van der Waals surface area contributed by atoms with Crippen LogP contribution in [0.1, 0.15) is 26.2 Å². The first-order valence-electron chi connectivity index (χ1n) is 4.67. The average molecular weight is 171 g/mol. The molecule has 2 atom stereocenters. The first kappa shape index (κ1) is 8.48. The molecule has 3 nitrogen and oxygen atoms in total. The van der Waals surface area contributed by atoms with Crippen molar-refractivity contribution in [3.63, 3.8) is 0 Å². The van der Waals surface area contributed by atoms with E-state index in [4.69, 9.17) is 10.5 Å². The van der Waals surface area contributed by atoms with Crippen LogP contribution in [0.15, 0.2) is 0 Å². The minimum Gasteiger partial charge on any atom is -0.388 e. The van der Waals surface area contributed by atoms with Gasteiger partial charge in [0.2, 0.25) is 0 Å². The highest BCUT2D eigenvalue weighted by atomic mass is 16.5. The summed E-state index contributed by atoms with van der Waals surface area (Å²) in [6.45, 7) is 3.41. The molecule has 2 aliphatic rings. The summed E-state index contributed by atoms with van der Waals surface area (Å²) in [4.78, 5) is 0. The summed E-state index contributed by atoms with van der Waals surface area (Å²) in [5, 5.41) is 10.2. The second-order valence-electron chi connectivity index (χ2n) is 4.29. The van der Waals surface area contributed by atoms with Gasteiger partial charge in [-0.15, -0.1) is 0 Å². The first-order valence-corrected chi connectivity index (χ1v) is 4.67. The van der Waals surface area contributed by atoms with Crippen molar-refractivity contribution < 1.29 is 9.84 Å². The zero-order chi connectivity index (χ0) is 8.82. The Morgan fingerprint density at radius 3 is 2.33 bits per heavy atom. The van der Waals surface area contributed by atoms with E-state index in [1.807, 2.05) is 0 Å². The minimum absolute atomic E-state index is 0.309. The van der Waals surface area contributed by atoms with E-state index < -0.39 is 5.60 Å². The fraction of sp³-hybridized carbons (Fsp3) is 1.00. The molecule has 2 rings (SSSR count). The maximum Gasteiger partial charge on any atom is 0.0872 e. The molecule has 3 heteroatoms. The summed E-state index contributed by atoms with van der Waals surface area (Å²) in [6, 6.07) is 0. The average Bonchev–Trinajstić information content (AvgIpc) is 2.63. The van der Waals surface area contributed by atoms with Crippen molar-refractivity contribution in [3.8, 4) is 0 Å². The molecule has 0 amide bonds. The van der Waals surface area contributed by atoms with E-state index in [2.05, 4.69) is 6.92 Å². The molecule has 1 aliphatic carbocycles. The molecule has 3 N–H and O–H groups in total. The van der Waals surface area contributed by atoms with E-state index in [0.717, 1.165) is 6.42 Å². The van der Waals surface area contributed by atoms with Crippen LogP contribution < -0.4 is 5.73 Å². The summed E-state index contributed by atoms with van der Waals surface area (Å²) >= 11 is 0. The van der Waals surface area contributed by atoms with Gasteiger partial charge in [0, 0.05) is 31.6 Å². The third-order valence-electron chi connectivity index (χ3n) is 3.55. The predicted molar refractivity (Wildman–Crippen MR) is 45.7 cm³/mol. The van der Waals surface area contributed by atoms with Gasteiger partial charge in [0.05, 0.1) is 5.60 Å². The molecule has 2 fully saturated rings. The SMILES string of the molecule is CC1CC1(N)C1(O)CCOCC1. The highest BCUT2D eigenvalue weighted by molar-refractivity contribution is 5.18. The van der Waals surface area contributed by atoms with Crippen molar-refractivity contribution in [1.82, 2.24) is 0 Å². The molecule has 1 saturated carbocycles. The van der Waals surface area contributed by atoms with E-state index in [9.17, 15) is 5.11 Å². The molecule has 70 valence electrons. The van der Waals surface area contributed by atoms with Crippen LogP contribution in [0, 0.1) is 5.92 Å². The Morgan fingerprint density at radius 1 is 1.42 bits per heavy atom. The van der Waals surface area contributed by atoms with E-state index >= 15 is 0 Å². The quantitative estimate of drug-likeness (QED) is 0.595. The Balaban J connectivity index is 2.09. The Labute approximate surface area is 72.9 Å². The smallest absolute Gasteiger partial charge is 0.0872 e. The van der Waals surface area contributed by atoms with Gasteiger partial charge in [0.15, 0.2) is 0 Å². The Morgan fingerprint density at radius 2 is 1.92 bits per heavy atom. The number of hydrogen-bond donors (Lipinski definition) is 2. The Hall–Kier alpha value is -0.120. The van der Waals surface area contributed by atoms with Crippen LogP contribution in [-0.4, -0.2) is 29.5 Å². The molecule has 0 aromatic carbocycles. The topological polar surface area (TPSA) is 55.5 Å². The third-order valence-corrected chi connectivity index (χ3v) is 3.55. The van der Waals surface area contributed by atoms with Gasteiger partial charge in [-0.1, -0.05) is 6.92 Å². The van der Waals surface area contributed by atoms with Crippen molar-refractivity contribution in [2.24, 2.45) is 11.7 Å². The third kappa shape index (κ3) is 1.00. The van der Waals surface area contributed by atoms with Crippen LogP contribution in [0.2, 0.25) is 0 Å². The number of ether oxygens (including phenoxy) is 1. The molecule has 0 spiro atoms. The second-order valence-corrected chi connectivity index (χ2v) is 4.29. The van der Waals surface area contributed by atoms with Crippen LogP contribution in [-0.2, 0) is 4.74 Å². The molecule has 0 aromatic rings. The fourth-order valence-corrected chi connectivity index (χ4v) is 2.27. The zero-order valence-electron chi connectivity index (χ0n) is 7.55. The van der Waals surface area contributed by atoms with Gasteiger partial charge in [0.1, 0.15) is 0 Å². The van der Waals surface area contributed by atoms with E-state index in [1.54, 1.807) is 0 Å². The molecule has 0 bridgehead atoms. The van der Waals surface area contributed by atoms with E-state index in [0.29, 0.717) is 32.0 Å². The van der Waals surface area contributed by atoms with Gasteiger partial charge < -0.3 is 15.6 Å². The normalized spacial score (nSPS) is 45.8. The lowest BCUT2D eigenvalue weighted by Crippen LogP contribution is -2.54. The van der Waals surface area contributed by atoms with Gasteiger partial charge in [0.25, 0.3) is 0 Å². The summed E-state index contributed by atoms with van der Waals surface area (Å²) in [7, 11) is 0. The van der Waals surface area contributed by atoms with Gasteiger partial charge >= 0.3 is 0 Å². The lowest BCUT2D eigenvalue weighted by molar-refractivity contribution is -0.0878. The van der Waals surface area contributed by atoms with E-state index in [1.165, 1.54) is 0 Å². The van der Waals surface area contributed by atoms with Crippen molar-refractivity contribution in [1.29, 1.82) is 0 Å². The zero-order valence-corrected chi connectivity index (χ0v) is 7.55. The Kier molecular flexibility index (Phi) is 1.72. The standard InChI is InChI=1S/C9H17NO2/c1-7-6-9(7,10)8(11)2-4-12-5-3-8/h7,11H,2-6,10H2,1H3. The monoisotopic (exact) mass is 171 g/mol. The molecule has 0 aromatic heterocycles. The van der Waals surface area contributed by atoms with Crippen molar-refractivity contribution in [2.45, 2.75) is 37.3 Å². The fourth-order valence-electron chi connectivity index (χ4n) is 2.27. The second kappa shape index (κ2) is 2.44. The van der Waals surface area contributed by atoms with Crippen molar-refractivity contribution in [2.75, 3.05) is 13.2 Å². The first-order chi connectivity index (χ1) is 5.58. The summed E-state index contributed by atoms with van der Waals surface area (Å²) < 4.78 is 5.21. The van der Waals surface area contributed by atoms with Crippen LogP contribution in [0.4, 0.5) is 0 Å². The number of nitrogens with two attached hydrogens (primary N) is 1. The predicted octanol–water partition coefficient (Wildman–Crippen LogP) is 0.265. The Bertz CT molecular complexity index is 189. The molecular formula is C9H17NO2. The number of rotatable bonds is 1. The van der Waals surface area contributed by atoms with Gasteiger partial charge in [-0.05, 0) is 12.3 Å². The molecule has 1 heterocycles. The van der Waals surface area contributed by atoms with Crippen molar-refractivity contribution in [3.05, 3.63) is 0 Å². The molecule has 1 saturated heterocycles. The summed E-state index contributed by atoms with van der Waals surface area (Å²) in [6.07, 6.45) is 2.37. The van der Waals surface area contributed by atoms with Crippen molar-refractivity contribution >= 4 is 0 Å². The molecule has 0 radical (unpaired) electrons. The lowest BCUT2D eigenvalue weighted by atomic mass is 9.83. The van der Waals surface area contributed by atoms with Gasteiger partial charge in [-0.2, -0.15) is 0 Å². The largest absolute Gasteiger partial charge is 0.388 e. The molecular weight excluding hydrogens is 154 g/mol.